The summed E-state index contributed by atoms with van der Waals surface area (Å²) in [6.45, 7) is 3.92. The van der Waals surface area contributed by atoms with Gasteiger partial charge in [0.05, 0.1) is 15.9 Å². The van der Waals surface area contributed by atoms with Gasteiger partial charge >= 0.3 is 0 Å². The Morgan fingerprint density at radius 1 is 1.20 bits per heavy atom. The largest absolute Gasteiger partial charge is 0.227 e. The molecule has 2 nitrogen and oxygen atoms in total. The molecule has 1 aromatic rings. The van der Waals surface area contributed by atoms with Gasteiger partial charge in [0.25, 0.3) is 0 Å². The highest BCUT2D eigenvalue weighted by Gasteiger charge is 2.01. The summed E-state index contributed by atoms with van der Waals surface area (Å²) < 4.78 is 1.81. The van der Waals surface area contributed by atoms with Crippen molar-refractivity contribution in [3.63, 3.8) is 0 Å². The Morgan fingerprint density at radius 2 is 1.60 bits per heavy atom. The van der Waals surface area contributed by atoms with Gasteiger partial charge in [-0.05, 0) is 29.8 Å². The first kappa shape index (κ1) is 8.39. The van der Waals surface area contributed by atoms with Crippen molar-refractivity contribution < 1.29 is 0 Å². The third-order valence-corrected chi connectivity index (χ3v) is 2.79. The molecule has 1 heterocycles. The SMILES string of the molecule is Cc1nc(I)nc(C)c1Br. The summed E-state index contributed by atoms with van der Waals surface area (Å²) in [6.07, 6.45) is 0. The van der Waals surface area contributed by atoms with E-state index in [1.54, 1.807) is 0 Å². The number of aryl methyl sites for hydroxylation is 2. The fourth-order valence-corrected chi connectivity index (χ4v) is 1.56. The van der Waals surface area contributed by atoms with E-state index in [2.05, 4.69) is 48.5 Å². The van der Waals surface area contributed by atoms with Crippen LogP contribution in [-0.4, -0.2) is 9.97 Å². The van der Waals surface area contributed by atoms with Crippen molar-refractivity contribution in [2.24, 2.45) is 0 Å². The fraction of sp³-hybridized carbons (Fsp3) is 0.333. The van der Waals surface area contributed by atoms with Crippen molar-refractivity contribution >= 4 is 38.5 Å². The monoisotopic (exact) mass is 312 g/mol. The molecule has 0 amide bonds. The van der Waals surface area contributed by atoms with Crippen molar-refractivity contribution in [2.45, 2.75) is 13.8 Å². The summed E-state index contributed by atoms with van der Waals surface area (Å²) in [7, 11) is 0. The van der Waals surface area contributed by atoms with E-state index < -0.39 is 0 Å². The Balaban J connectivity index is 3.31. The van der Waals surface area contributed by atoms with Gasteiger partial charge in [-0.25, -0.2) is 9.97 Å². The number of nitrogens with zero attached hydrogens (tertiary/aromatic N) is 2. The zero-order valence-corrected chi connectivity index (χ0v) is 9.39. The molecule has 0 radical (unpaired) electrons. The molecule has 0 saturated heterocycles. The standard InChI is InChI=1S/C6H6BrIN2/c1-3-5(7)4(2)10-6(8)9-3/h1-2H3. The van der Waals surface area contributed by atoms with E-state index in [1.165, 1.54) is 0 Å². The third kappa shape index (κ3) is 1.66. The fourth-order valence-electron chi connectivity index (χ4n) is 0.662. The molecule has 0 aliphatic rings. The second-order valence-corrected chi connectivity index (χ2v) is 3.74. The van der Waals surface area contributed by atoms with Gasteiger partial charge in [-0.2, -0.15) is 0 Å². The Labute approximate surface area is 81.7 Å². The molecule has 0 saturated carbocycles. The molecule has 0 N–H and O–H groups in total. The number of rotatable bonds is 0. The van der Waals surface area contributed by atoms with Crippen molar-refractivity contribution in [1.29, 1.82) is 0 Å². The normalized spacial score (nSPS) is 10.0. The molecule has 0 aliphatic heterocycles. The average molecular weight is 313 g/mol. The van der Waals surface area contributed by atoms with Gasteiger partial charge in [0.15, 0.2) is 3.83 Å². The second kappa shape index (κ2) is 3.13. The zero-order valence-electron chi connectivity index (χ0n) is 5.65. The summed E-state index contributed by atoms with van der Waals surface area (Å²) in [4.78, 5) is 8.33. The van der Waals surface area contributed by atoms with Crippen LogP contribution in [0.25, 0.3) is 0 Å². The molecule has 0 aromatic carbocycles. The number of hydrogen-bond donors (Lipinski definition) is 0. The molecule has 1 rings (SSSR count). The van der Waals surface area contributed by atoms with Gasteiger partial charge in [-0.15, -0.1) is 0 Å². The van der Waals surface area contributed by atoms with Crippen LogP contribution < -0.4 is 0 Å². The zero-order chi connectivity index (χ0) is 7.72. The summed E-state index contributed by atoms with van der Waals surface area (Å²) >= 11 is 5.49. The number of aromatic nitrogens is 2. The van der Waals surface area contributed by atoms with Crippen LogP contribution >= 0.6 is 38.5 Å². The van der Waals surface area contributed by atoms with Crippen LogP contribution in [-0.2, 0) is 0 Å². The van der Waals surface area contributed by atoms with Crippen molar-refractivity contribution in [1.82, 2.24) is 9.97 Å². The molecule has 54 valence electrons. The maximum atomic E-state index is 4.16. The third-order valence-electron chi connectivity index (χ3n) is 1.16. The molecule has 0 fully saturated rings. The molecule has 4 heteroatoms. The smallest absolute Gasteiger partial charge is 0.191 e. The molecule has 0 unspecified atom stereocenters. The Morgan fingerprint density at radius 3 is 2.00 bits per heavy atom. The van der Waals surface area contributed by atoms with Gasteiger partial charge in [0.2, 0.25) is 0 Å². The average Bonchev–Trinajstić information content (AvgIpc) is 1.82. The Hall–Kier alpha value is 0.290. The number of halogens is 2. The molecule has 1 aromatic heterocycles. The second-order valence-electron chi connectivity index (χ2n) is 1.98. The molecule has 0 aliphatic carbocycles. The highest BCUT2D eigenvalue weighted by Crippen LogP contribution is 2.17. The first-order valence-electron chi connectivity index (χ1n) is 2.77. The lowest BCUT2D eigenvalue weighted by Gasteiger charge is -1.99. The summed E-state index contributed by atoms with van der Waals surface area (Å²) in [5.41, 5.74) is 1.99. The van der Waals surface area contributed by atoms with Gasteiger partial charge in [0.1, 0.15) is 0 Å². The van der Waals surface area contributed by atoms with Crippen molar-refractivity contribution in [2.75, 3.05) is 0 Å². The summed E-state index contributed by atoms with van der Waals surface area (Å²) in [5.74, 6) is 0. The van der Waals surface area contributed by atoms with E-state index in [-0.39, 0.29) is 0 Å². The minimum absolute atomic E-state index is 0.802. The van der Waals surface area contributed by atoms with E-state index in [1.807, 2.05) is 13.8 Å². The Bertz CT molecular complexity index is 239. The van der Waals surface area contributed by atoms with Crippen LogP contribution in [0.2, 0.25) is 0 Å². The highest BCUT2D eigenvalue weighted by atomic mass is 127. The first-order chi connectivity index (χ1) is 4.61. The molecular weight excluding hydrogens is 307 g/mol. The van der Waals surface area contributed by atoms with Crippen molar-refractivity contribution in [3.8, 4) is 0 Å². The Kier molecular flexibility index (Phi) is 2.62. The molecule has 0 bridgehead atoms. The van der Waals surface area contributed by atoms with Crippen LogP contribution in [0.15, 0.2) is 4.47 Å². The first-order valence-corrected chi connectivity index (χ1v) is 4.64. The molecular formula is C6H6BrIN2. The predicted octanol–water partition coefficient (Wildman–Crippen LogP) is 2.46. The van der Waals surface area contributed by atoms with Gasteiger partial charge < -0.3 is 0 Å². The van der Waals surface area contributed by atoms with E-state index in [0.29, 0.717) is 0 Å². The quantitative estimate of drug-likeness (QED) is 0.543. The van der Waals surface area contributed by atoms with Crippen LogP contribution in [0.1, 0.15) is 11.4 Å². The van der Waals surface area contributed by atoms with Crippen LogP contribution in [0.5, 0.6) is 0 Å². The van der Waals surface area contributed by atoms with Gasteiger partial charge in [-0.1, -0.05) is 0 Å². The molecule has 0 spiro atoms. The van der Waals surface area contributed by atoms with Crippen LogP contribution in [0.3, 0.4) is 0 Å². The van der Waals surface area contributed by atoms with Gasteiger partial charge in [0, 0.05) is 22.6 Å². The lowest BCUT2D eigenvalue weighted by molar-refractivity contribution is 0.991. The number of hydrogen-bond acceptors (Lipinski definition) is 2. The van der Waals surface area contributed by atoms with E-state index >= 15 is 0 Å². The maximum absolute atomic E-state index is 4.16. The lowest BCUT2D eigenvalue weighted by Crippen LogP contribution is -1.95. The van der Waals surface area contributed by atoms with E-state index in [9.17, 15) is 0 Å². The minimum Gasteiger partial charge on any atom is -0.227 e. The van der Waals surface area contributed by atoms with Crippen molar-refractivity contribution in [3.05, 3.63) is 19.7 Å². The van der Waals surface area contributed by atoms with E-state index in [0.717, 1.165) is 19.7 Å². The maximum Gasteiger partial charge on any atom is 0.191 e. The van der Waals surface area contributed by atoms with Crippen LogP contribution in [0, 0.1) is 17.7 Å². The topological polar surface area (TPSA) is 25.8 Å². The minimum atomic E-state index is 0.802. The lowest BCUT2D eigenvalue weighted by atomic mass is 10.4. The van der Waals surface area contributed by atoms with E-state index in [4.69, 9.17) is 0 Å². The predicted molar refractivity (Wildman–Crippen MR) is 51.9 cm³/mol. The summed E-state index contributed by atoms with van der Waals surface area (Å²) in [5, 5.41) is 0. The van der Waals surface area contributed by atoms with Crippen LogP contribution in [0.4, 0.5) is 0 Å². The molecule has 10 heavy (non-hydrogen) atoms. The highest BCUT2D eigenvalue weighted by molar-refractivity contribution is 14.1. The van der Waals surface area contributed by atoms with Gasteiger partial charge in [-0.3, -0.25) is 0 Å². The summed E-state index contributed by atoms with van der Waals surface area (Å²) in [6, 6.07) is 0. The molecule has 0 atom stereocenters.